The highest BCUT2D eigenvalue weighted by molar-refractivity contribution is 6.21. The summed E-state index contributed by atoms with van der Waals surface area (Å²) in [5.74, 6) is 0.759. The van der Waals surface area contributed by atoms with Crippen molar-refractivity contribution in [1.82, 2.24) is 4.98 Å². The lowest BCUT2D eigenvalue weighted by atomic mass is 9.87. The predicted molar refractivity (Wildman–Crippen MR) is 76.1 cm³/mol. The number of aryl methyl sites for hydroxylation is 1. The number of aliphatic hydroxyl groups is 1. The second-order valence-corrected chi connectivity index (χ2v) is 4.48. The highest BCUT2D eigenvalue weighted by atomic mass is 16.6. The van der Waals surface area contributed by atoms with E-state index in [1.165, 1.54) is 30.6 Å². The summed E-state index contributed by atoms with van der Waals surface area (Å²) in [7, 11) is 0. The monoisotopic (exact) mass is 298 g/mol. The molecule has 3 rings (SSSR count). The molecule has 0 saturated heterocycles. The highest BCUT2D eigenvalue weighted by Gasteiger charge is 2.31. The van der Waals surface area contributed by atoms with Crippen LogP contribution in [-0.2, 0) is 9.53 Å². The number of hydrogen-bond donors (Lipinski definition) is 1. The molecule has 1 aliphatic heterocycles. The van der Waals surface area contributed by atoms with Crippen LogP contribution in [-0.4, -0.2) is 28.2 Å². The van der Waals surface area contributed by atoms with Crippen LogP contribution in [0.1, 0.15) is 11.7 Å². The SMILES string of the molecule is Cc1ncc(/C=C/C2=C(O)C(=C\C=C3\C=NC(=O)O3)/C2=O)o1. The summed E-state index contributed by atoms with van der Waals surface area (Å²) < 4.78 is 9.92. The van der Waals surface area contributed by atoms with Crippen molar-refractivity contribution >= 4 is 24.2 Å². The fraction of sp³-hybridized carbons (Fsp3) is 0.0667. The number of amides is 1. The van der Waals surface area contributed by atoms with Gasteiger partial charge in [0.15, 0.2) is 11.6 Å². The zero-order chi connectivity index (χ0) is 15.7. The first-order chi connectivity index (χ1) is 10.5. The van der Waals surface area contributed by atoms with Gasteiger partial charge in [-0.25, -0.2) is 9.78 Å². The van der Waals surface area contributed by atoms with Gasteiger partial charge in [-0.2, -0.15) is 4.99 Å². The maximum atomic E-state index is 11.9. The third-order valence-electron chi connectivity index (χ3n) is 2.97. The lowest BCUT2D eigenvalue weighted by Crippen LogP contribution is -2.20. The third kappa shape index (κ3) is 2.51. The van der Waals surface area contributed by atoms with E-state index in [0.29, 0.717) is 11.7 Å². The number of nitrogens with zero attached hydrogens (tertiary/aromatic N) is 2. The van der Waals surface area contributed by atoms with Crippen LogP contribution in [0.2, 0.25) is 0 Å². The number of carbonyl (C=O) groups is 2. The van der Waals surface area contributed by atoms with Gasteiger partial charge in [0, 0.05) is 6.92 Å². The van der Waals surface area contributed by atoms with Crippen molar-refractivity contribution in [2.45, 2.75) is 6.92 Å². The number of cyclic esters (lactones) is 1. The number of ether oxygens (including phenoxy) is 1. The molecule has 0 bridgehead atoms. The van der Waals surface area contributed by atoms with E-state index in [4.69, 9.17) is 9.15 Å². The summed E-state index contributed by atoms with van der Waals surface area (Å²) in [5, 5.41) is 9.87. The standard InChI is InChI=1S/C15H10N2O5/c1-8-16-6-9(21-8)2-4-11-13(18)12(14(11)19)5-3-10-7-17-15(20)22-10/h2-7,18H,1H3/b4-2+,10-3-,12-5+. The fourth-order valence-electron chi connectivity index (χ4n) is 1.88. The normalized spacial score (nSPS) is 21.3. The Balaban J connectivity index is 1.76. The molecule has 7 nitrogen and oxygen atoms in total. The highest BCUT2D eigenvalue weighted by Crippen LogP contribution is 2.30. The van der Waals surface area contributed by atoms with Gasteiger partial charge in [-0.1, -0.05) is 0 Å². The Morgan fingerprint density at radius 2 is 2.05 bits per heavy atom. The van der Waals surface area contributed by atoms with Crippen LogP contribution in [0.4, 0.5) is 4.79 Å². The van der Waals surface area contributed by atoms with Crippen LogP contribution in [0, 0.1) is 6.92 Å². The molecule has 22 heavy (non-hydrogen) atoms. The van der Waals surface area contributed by atoms with Crippen molar-refractivity contribution in [1.29, 1.82) is 0 Å². The van der Waals surface area contributed by atoms with Gasteiger partial charge in [0.2, 0.25) is 5.78 Å². The van der Waals surface area contributed by atoms with Gasteiger partial charge in [0.05, 0.1) is 23.6 Å². The molecule has 0 aromatic carbocycles. The molecule has 0 saturated carbocycles. The van der Waals surface area contributed by atoms with Crippen LogP contribution >= 0.6 is 0 Å². The quantitative estimate of drug-likeness (QED) is 0.860. The Morgan fingerprint density at radius 1 is 1.23 bits per heavy atom. The van der Waals surface area contributed by atoms with E-state index >= 15 is 0 Å². The van der Waals surface area contributed by atoms with Crippen molar-refractivity contribution in [3.63, 3.8) is 0 Å². The van der Waals surface area contributed by atoms with Gasteiger partial charge >= 0.3 is 6.09 Å². The molecule has 1 aliphatic carbocycles. The summed E-state index contributed by atoms with van der Waals surface area (Å²) in [6.07, 6.45) is 7.79. The van der Waals surface area contributed by atoms with Crippen LogP contribution in [0.3, 0.4) is 0 Å². The molecule has 1 N–H and O–H groups in total. The van der Waals surface area contributed by atoms with Crippen LogP contribution in [0.5, 0.6) is 0 Å². The average molecular weight is 298 g/mol. The number of aliphatic hydroxyl groups excluding tert-OH is 1. The summed E-state index contributed by atoms with van der Waals surface area (Å²) in [6.45, 7) is 1.70. The molecule has 2 aliphatic rings. The number of aliphatic imine (C=N–C) groups is 1. The van der Waals surface area contributed by atoms with Gasteiger partial charge in [-0.3, -0.25) is 4.79 Å². The Labute approximate surface area is 124 Å². The van der Waals surface area contributed by atoms with Crippen molar-refractivity contribution in [2.24, 2.45) is 4.99 Å². The topological polar surface area (TPSA) is 102 Å². The second kappa shape index (κ2) is 5.28. The molecular weight excluding hydrogens is 288 g/mol. The van der Waals surface area contributed by atoms with E-state index in [9.17, 15) is 14.7 Å². The van der Waals surface area contributed by atoms with Gasteiger partial charge in [-0.05, 0) is 24.3 Å². The molecule has 1 amide bonds. The molecule has 0 fully saturated rings. The molecule has 1 aromatic rings. The van der Waals surface area contributed by atoms with Crippen molar-refractivity contribution in [3.8, 4) is 0 Å². The number of ketones is 1. The maximum Gasteiger partial charge on any atom is 0.439 e. The molecule has 0 radical (unpaired) electrons. The van der Waals surface area contributed by atoms with E-state index in [-0.39, 0.29) is 28.4 Å². The number of aromatic nitrogens is 1. The third-order valence-corrected chi connectivity index (χ3v) is 2.97. The first-order valence-electron chi connectivity index (χ1n) is 6.31. The minimum Gasteiger partial charge on any atom is -0.506 e. The molecule has 1 aromatic heterocycles. The zero-order valence-corrected chi connectivity index (χ0v) is 11.4. The van der Waals surface area contributed by atoms with E-state index in [1.807, 2.05) is 0 Å². The average Bonchev–Trinajstić information content (AvgIpc) is 3.08. The summed E-state index contributed by atoms with van der Waals surface area (Å²) in [4.78, 5) is 30.0. The van der Waals surface area contributed by atoms with Gasteiger partial charge in [0.25, 0.3) is 0 Å². The van der Waals surface area contributed by atoms with E-state index in [1.54, 1.807) is 13.0 Å². The number of Topliss-reactive ketones (excluding diaryl/α,β-unsaturated/α-hetero) is 1. The van der Waals surface area contributed by atoms with Crippen molar-refractivity contribution in [3.05, 3.63) is 58.7 Å². The van der Waals surface area contributed by atoms with Crippen molar-refractivity contribution in [2.75, 3.05) is 0 Å². The Hall–Kier alpha value is -3.22. The minimum atomic E-state index is -0.713. The lowest BCUT2D eigenvalue weighted by Gasteiger charge is -2.17. The maximum absolute atomic E-state index is 11.9. The lowest BCUT2D eigenvalue weighted by molar-refractivity contribution is -0.113. The van der Waals surface area contributed by atoms with Gasteiger partial charge in [0.1, 0.15) is 11.5 Å². The summed E-state index contributed by atoms with van der Waals surface area (Å²) in [5.41, 5.74) is 0.313. The number of hydrogen-bond acceptors (Lipinski definition) is 6. The predicted octanol–water partition coefficient (Wildman–Crippen LogP) is 2.42. The van der Waals surface area contributed by atoms with Crippen molar-refractivity contribution < 1.29 is 23.8 Å². The largest absolute Gasteiger partial charge is 0.506 e. The number of rotatable bonds is 3. The molecule has 0 atom stereocenters. The Morgan fingerprint density at radius 3 is 2.64 bits per heavy atom. The van der Waals surface area contributed by atoms with Crippen LogP contribution < -0.4 is 0 Å². The molecule has 0 unspecified atom stereocenters. The smallest absolute Gasteiger partial charge is 0.439 e. The Bertz CT molecular complexity index is 821. The molecule has 2 heterocycles. The van der Waals surface area contributed by atoms with E-state index in [0.717, 1.165) is 0 Å². The van der Waals surface area contributed by atoms with E-state index < -0.39 is 6.09 Å². The zero-order valence-electron chi connectivity index (χ0n) is 11.4. The van der Waals surface area contributed by atoms with E-state index in [2.05, 4.69) is 9.98 Å². The molecular formula is C15H10N2O5. The first kappa shape index (κ1) is 13.7. The molecule has 7 heteroatoms. The molecule has 110 valence electrons. The second-order valence-electron chi connectivity index (χ2n) is 4.48. The number of carbonyl (C=O) groups excluding carboxylic acids is 2. The van der Waals surface area contributed by atoms with Gasteiger partial charge in [-0.15, -0.1) is 0 Å². The molecule has 0 spiro atoms. The number of allylic oxidation sites excluding steroid dienone is 6. The van der Waals surface area contributed by atoms with Crippen LogP contribution in [0.15, 0.2) is 56.5 Å². The summed E-state index contributed by atoms with van der Waals surface area (Å²) >= 11 is 0. The Kier molecular flexibility index (Phi) is 3.30. The van der Waals surface area contributed by atoms with Gasteiger partial charge < -0.3 is 14.3 Å². The first-order valence-corrected chi connectivity index (χ1v) is 6.31. The number of oxazole rings is 1. The fourth-order valence-corrected chi connectivity index (χ4v) is 1.88. The minimum absolute atomic E-state index is 0.129. The summed E-state index contributed by atoms with van der Waals surface area (Å²) in [6, 6.07) is 0. The van der Waals surface area contributed by atoms with Crippen LogP contribution in [0.25, 0.3) is 6.08 Å².